The topological polar surface area (TPSA) is 72.2 Å². The van der Waals surface area contributed by atoms with E-state index in [0.29, 0.717) is 29.0 Å². The number of para-hydroxylation sites is 1. The van der Waals surface area contributed by atoms with E-state index < -0.39 is 11.5 Å². The predicted octanol–water partition coefficient (Wildman–Crippen LogP) is 4.54. The Hall–Kier alpha value is -2.96. The van der Waals surface area contributed by atoms with Crippen LogP contribution < -0.4 is 10.9 Å². The number of carbonyl (C=O) groups excluding carboxylic acids is 1. The van der Waals surface area contributed by atoms with Crippen LogP contribution in [0.3, 0.4) is 0 Å². The molecule has 0 fully saturated rings. The van der Waals surface area contributed by atoms with Gasteiger partial charge in [-0.2, -0.15) is 0 Å². The lowest BCUT2D eigenvalue weighted by Gasteiger charge is -2.04. The molecule has 0 aliphatic rings. The molecule has 7 heteroatoms. The van der Waals surface area contributed by atoms with Gasteiger partial charge in [-0.15, -0.1) is 11.3 Å². The van der Waals surface area contributed by atoms with Gasteiger partial charge in [0.05, 0.1) is 5.69 Å². The second kappa shape index (κ2) is 7.96. The fraction of sp³-hybridized carbons (Fsp3) is 0.0952. The minimum Gasteiger partial charge on any atom is -0.422 e. The lowest BCUT2D eigenvalue weighted by atomic mass is 10.2. The number of nitrogens with one attached hydrogen (secondary N) is 1. The number of hydrogen-bond donors (Lipinski definition) is 1. The van der Waals surface area contributed by atoms with Crippen molar-refractivity contribution in [1.29, 1.82) is 0 Å². The standard InChI is InChI=1S/C21H15ClN2O3S/c22-15-7-5-13(6-8-15)20-24-16(12-28-20)9-10-23-19(25)17-11-14-3-1-2-4-18(14)27-21(17)26/h1-8,11-12H,9-10H2,(H,23,25). The van der Waals surface area contributed by atoms with E-state index in [1.54, 1.807) is 24.3 Å². The number of thiazole rings is 1. The Bertz CT molecular complexity index is 1200. The molecule has 0 aliphatic heterocycles. The summed E-state index contributed by atoms with van der Waals surface area (Å²) in [6, 6.07) is 16.1. The molecule has 0 aliphatic carbocycles. The molecule has 0 saturated carbocycles. The van der Waals surface area contributed by atoms with Crippen LogP contribution in [0.4, 0.5) is 0 Å². The van der Waals surface area contributed by atoms with Gasteiger partial charge in [-0.3, -0.25) is 4.79 Å². The lowest BCUT2D eigenvalue weighted by molar-refractivity contribution is 0.0950. The van der Waals surface area contributed by atoms with Gasteiger partial charge in [0.1, 0.15) is 16.2 Å². The van der Waals surface area contributed by atoms with Crippen molar-refractivity contribution < 1.29 is 9.21 Å². The molecule has 0 radical (unpaired) electrons. The maximum atomic E-state index is 12.4. The summed E-state index contributed by atoms with van der Waals surface area (Å²) in [4.78, 5) is 29.0. The monoisotopic (exact) mass is 410 g/mol. The maximum Gasteiger partial charge on any atom is 0.349 e. The SMILES string of the molecule is O=C(NCCc1csc(-c2ccc(Cl)cc2)n1)c1cc2ccccc2oc1=O. The van der Waals surface area contributed by atoms with Crippen LogP contribution in [0, 0.1) is 0 Å². The molecule has 140 valence electrons. The third-order valence-corrected chi connectivity index (χ3v) is 5.39. The van der Waals surface area contributed by atoms with E-state index in [1.807, 2.05) is 35.7 Å². The van der Waals surface area contributed by atoms with E-state index in [-0.39, 0.29) is 5.56 Å². The van der Waals surface area contributed by atoms with Crippen molar-refractivity contribution in [3.63, 3.8) is 0 Å². The number of halogens is 1. The van der Waals surface area contributed by atoms with Crippen LogP contribution in [-0.2, 0) is 6.42 Å². The first kappa shape index (κ1) is 18.4. The number of benzene rings is 2. The second-order valence-corrected chi connectivity index (χ2v) is 7.44. The average molecular weight is 411 g/mol. The molecule has 4 aromatic rings. The zero-order chi connectivity index (χ0) is 19.5. The summed E-state index contributed by atoms with van der Waals surface area (Å²) in [6.45, 7) is 0.370. The van der Waals surface area contributed by atoms with Crippen molar-refractivity contribution >= 4 is 39.8 Å². The van der Waals surface area contributed by atoms with Crippen molar-refractivity contribution in [2.45, 2.75) is 6.42 Å². The number of aromatic nitrogens is 1. The van der Waals surface area contributed by atoms with Gasteiger partial charge in [0.15, 0.2) is 0 Å². The molecule has 4 rings (SSSR count). The Morgan fingerprint density at radius 3 is 2.75 bits per heavy atom. The van der Waals surface area contributed by atoms with Gasteiger partial charge in [-0.1, -0.05) is 41.9 Å². The van der Waals surface area contributed by atoms with Crippen molar-refractivity contribution in [2.75, 3.05) is 6.54 Å². The largest absolute Gasteiger partial charge is 0.422 e. The second-order valence-electron chi connectivity index (χ2n) is 6.14. The van der Waals surface area contributed by atoms with E-state index in [1.165, 1.54) is 11.3 Å². The first-order chi connectivity index (χ1) is 13.6. The third kappa shape index (κ3) is 3.98. The number of carbonyl (C=O) groups is 1. The van der Waals surface area contributed by atoms with Gasteiger partial charge < -0.3 is 9.73 Å². The molecule has 0 saturated heterocycles. The molecule has 0 unspecified atom stereocenters. The maximum absolute atomic E-state index is 12.4. The highest BCUT2D eigenvalue weighted by Gasteiger charge is 2.13. The number of amides is 1. The number of hydrogen-bond acceptors (Lipinski definition) is 5. The van der Waals surface area contributed by atoms with E-state index in [2.05, 4.69) is 10.3 Å². The molecule has 0 atom stereocenters. The summed E-state index contributed by atoms with van der Waals surface area (Å²) in [5.74, 6) is -0.451. The van der Waals surface area contributed by atoms with Gasteiger partial charge in [-0.05, 0) is 24.3 Å². The molecule has 5 nitrogen and oxygen atoms in total. The zero-order valence-corrected chi connectivity index (χ0v) is 16.2. The van der Waals surface area contributed by atoms with Gasteiger partial charge in [-0.25, -0.2) is 9.78 Å². The average Bonchev–Trinajstić information content (AvgIpc) is 3.17. The van der Waals surface area contributed by atoms with Crippen LogP contribution in [0.2, 0.25) is 5.02 Å². The third-order valence-electron chi connectivity index (χ3n) is 4.20. The van der Waals surface area contributed by atoms with Gasteiger partial charge >= 0.3 is 5.63 Å². The molecule has 1 N–H and O–H groups in total. The van der Waals surface area contributed by atoms with Crippen molar-refractivity contribution in [3.05, 3.63) is 86.7 Å². The van der Waals surface area contributed by atoms with Crippen LogP contribution in [0.15, 0.2) is 69.2 Å². The van der Waals surface area contributed by atoms with Gasteiger partial charge in [0.2, 0.25) is 0 Å². The summed E-state index contributed by atoms with van der Waals surface area (Å²) >= 11 is 7.45. The van der Waals surface area contributed by atoms with E-state index >= 15 is 0 Å². The predicted molar refractivity (Wildman–Crippen MR) is 111 cm³/mol. The molecule has 2 aromatic carbocycles. The number of nitrogens with zero attached hydrogens (tertiary/aromatic N) is 1. The summed E-state index contributed by atoms with van der Waals surface area (Å²) in [5, 5.41) is 7.00. The van der Waals surface area contributed by atoms with E-state index in [0.717, 1.165) is 16.3 Å². The van der Waals surface area contributed by atoms with Crippen LogP contribution in [0.25, 0.3) is 21.5 Å². The molecule has 2 heterocycles. The highest BCUT2D eigenvalue weighted by atomic mass is 35.5. The smallest absolute Gasteiger partial charge is 0.349 e. The Morgan fingerprint density at radius 1 is 1.14 bits per heavy atom. The summed E-state index contributed by atoms with van der Waals surface area (Å²) < 4.78 is 5.20. The minimum atomic E-state index is -0.644. The fourth-order valence-corrected chi connectivity index (χ4v) is 3.75. The van der Waals surface area contributed by atoms with Crippen LogP contribution in [0.1, 0.15) is 16.1 Å². The Morgan fingerprint density at radius 2 is 1.93 bits per heavy atom. The van der Waals surface area contributed by atoms with Crippen LogP contribution >= 0.6 is 22.9 Å². The van der Waals surface area contributed by atoms with Crippen molar-refractivity contribution in [1.82, 2.24) is 10.3 Å². The molecule has 0 spiro atoms. The molecular formula is C21H15ClN2O3S. The number of fused-ring (bicyclic) bond motifs is 1. The highest BCUT2D eigenvalue weighted by molar-refractivity contribution is 7.13. The number of rotatable bonds is 5. The molecule has 2 aromatic heterocycles. The van der Waals surface area contributed by atoms with Gasteiger partial charge in [0, 0.05) is 34.3 Å². The quantitative estimate of drug-likeness (QED) is 0.490. The fourth-order valence-electron chi connectivity index (χ4n) is 2.77. The Labute approximate surface area is 169 Å². The Kier molecular flexibility index (Phi) is 5.23. The summed E-state index contributed by atoms with van der Waals surface area (Å²) in [6.07, 6.45) is 0.564. The summed E-state index contributed by atoms with van der Waals surface area (Å²) in [7, 11) is 0. The molecule has 1 amide bonds. The zero-order valence-electron chi connectivity index (χ0n) is 14.6. The lowest BCUT2D eigenvalue weighted by Crippen LogP contribution is -2.29. The molecule has 0 bridgehead atoms. The van der Waals surface area contributed by atoms with Gasteiger partial charge in [0.25, 0.3) is 5.91 Å². The first-order valence-electron chi connectivity index (χ1n) is 8.61. The van der Waals surface area contributed by atoms with Crippen molar-refractivity contribution in [3.8, 4) is 10.6 Å². The molecular weight excluding hydrogens is 396 g/mol. The van der Waals surface area contributed by atoms with Crippen LogP contribution in [-0.4, -0.2) is 17.4 Å². The van der Waals surface area contributed by atoms with E-state index in [9.17, 15) is 9.59 Å². The highest BCUT2D eigenvalue weighted by Crippen LogP contribution is 2.25. The van der Waals surface area contributed by atoms with Crippen molar-refractivity contribution in [2.24, 2.45) is 0 Å². The minimum absolute atomic E-state index is 0.00108. The Balaban J connectivity index is 1.40. The summed E-state index contributed by atoms with van der Waals surface area (Å²) in [5.41, 5.74) is 1.69. The first-order valence-corrected chi connectivity index (χ1v) is 9.87. The normalized spacial score (nSPS) is 10.9. The van der Waals surface area contributed by atoms with Crippen LogP contribution in [0.5, 0.6) is 0 Å². The molecule has 28 heavy (non-hydrogen) atoms. The van der Waals surface area contributed by atoms with E-state index in [4.69, 9.17) is 16.0 Å².